The molecule has 0 spiro atoms. The van der Waals surface area contributed by atoms with Crippen molar-refractivity contribution in [1.82, 2.24) is 14.7 Å². The van der Waals surface area contributed by atoms with Gasteiger partial charge in [0.1, 0.15) is 0 Å². The second-order valence-electron chi connectivity index (χ2n) is 8.35. The first kappa shape index (κ1) is 21.1. The molecule has 0 radical (unpaired) electrons. The first-order valence-corrected chi connectivity index (χ1v) is 10.5. The number of likely N-dealkylation sites (tertiary alicyclic amines) is 1. The molecule has 1 aromatic carbocycles. The summed E-state index contributed by atoms with van der Waals surface area (Å²) in [6, 6.07) is 7.12. The van der Waals surface area contributed by atoms with Crippen LogP contribution in [0.4, 0.5) is 5.69 Å². The van der Waals surface area contributed by atoms with E-state index >= 15 is 0 Å². The third-order valence-electron chi connectivity index (χ3n) is 5.54. The van der Waals surface area contributed by atoms with Crippen molar-refractivity contribution in [2.45, 2.75) is 20.3 Å². The van der Waals surface area contributed by atoms with Crippen LogP contribution in [0, 0.1) is 11.8 Å². The number of nitrogens with one attached hydrogen (secondary N) is 1. The van der Waals surface area contributed by atoms with Crippen molar-refractivity contribution in [3.63, 3.8) is 0 Å². The predicted molar refractivity (Wildman–Crippen MR) is 112 cm³/mol. The maximum absolute atomic E-state index is 12.6. The Morgan fingerprint density at radius 3 is 2.07 bits per heavy atom. The third kappa shape index (κ3) is 6.19. The summed E-state index contributed by atoms with van der Waals surface area (Å²) in [4.78, 5) is 31.3. The Morgan fingerprint density at radius 1 is 0.964 bits per heavy atom. The van der Waals surface area contributed by atoms with Gasteiger partial charge in [0.25, 0.3) is 0 Å². The standard InChI is InChI=1S/C21H31ClN4O2/c1-16-11-17(2)13-26(12-16)21(28)15-25-9-7-24(8-10-25)14-20(27)23-19-5-3-18(22)4-6-19/h3-6,16-17H,7-15H2,1-2H3,(H,23,27)/t16-,17+. The third-order valence-corrected chi connectivity index (χ3v) is 5.79. The Hall–Kier alpha value is -1.63. The van der Waals surface area contributed by atoms with Crippen LogP contribution in [0.15, 0.2) is 24.3 Å². The summed E-state index contributed by atoms with van der Waals surface area (Å²) in [5.41, 5.74) is 0.753. The fourth-order valence-electron chi connectivity index (χ4n) is 4.20. The average molecular weight is 407 g/mol. The average Bonchev–Trinajstić information content (AvgIpc) is 2.64. The fraction of sp³-hybridized carbons (Fsp3) is 0.619. The summed E-state index contributed by atoms with van der Waals surface area (Å²) in [6.07, 6.45) is 1.21. The number of piperidine rings is 1. The number of nitrogens with zero attached hydrogens (tertiary/aromatic N) is 3. The molecule has 0 aromatic heterocycles. The highest BCUT2D eigenvalue weighted by atomic mass is 35.5. The topological polar surface area (TPSA) is 55.9 Å². The Bertz CT molecular complexity index is 663. The van der Waals surface area contributed by atoms with Crippen molar-refractivity contribution < 1.29 is 9.59 Å². The molecule has 1 aromatic rings. The van der Waals surface area contributed by atoms with Gasteiger partial charge in [-0.3, -0.25) is 19.4 Å². The van der Waals surface area contributed by atoms with Crippen LogP contribution in [0.2, 0.25) is 5.02 Å². The Labute approximate surface area is 172 Å². The molecule has 2 atom stereocenters. The predicted octanol–water partition coefficient (Wildman–Crippen LogP) is 2.40. The minimum atomic E-state index is -0.0249. The Kier molecular flexibility index (Phi) is 7.32. The molecule has 0 bridgehead atoms. The van der Waals surface area contributed by atoms with Crippen molar-refractivity contribution in [2.75, 3.05) is 57.7 Å². The summed E-state index contributed by atoms with van der Waals surface area (Å²) in [6.45, 7) is 10.3. The number of anilines is 1. The van der Waals surface area contributed by atoms with E-state index in [1.54, 1.807) is 24.3 Å². The van der Waals surface area contributed by atoms with Gasteiger partial charge in [-0.2, -0.15) is 0 Å². The van der Waals surface area contributed by atoms with Crippen molar-refractivity contribution in [3.8, 4) is 0 Å². The molecule has 7 heteroatoms. The quantitative estimate of drug-likeness (QED) is 0.815. The van der Waals surface area contributed by atoms with Crippen LogP contribution in [-0.2, 0) is 9.59 Å². The monoisotopic (exact) mass is 406 g/mol. The number of amides is 2. The van der Waals surface area contributed by atoms with Gasteiger partial charge in [-0.1, -0.05) is 25.4 Å². The number of carbonyl (C=O) groups is 2. The van der Waals surface area contributed by atoms with Crippen LogP contribution in [0.3, 0.4) is 0 Å². The van der Waals surface area contributed by atoms with Crippen LogP contribution in [0.1, 0.15) is 20.3 Å². The lowest BCUT2D eigenvalue weighted by Gasteiger charge is -2.38. The molecule has 2 fully saturated rings. The zero-order chi connectivity index (χ0) is 20.1. The SMILES string of the molecule is C[C@@H]1C[C@H](C)CN(C(=O)CN2CCN(CC(=O)Nc3ccc(Cl)cc3)CC2)C1. The van der Waals surface area contributed by atoms with E-state index in [4.69, 9.17) is 11.6 Å². The van der Waals surface area contributed by atoms with E-state index in [1.807, 2.05) is 4.90 Å². The van der Waals surface area contributed by atoms with E-state index in [2.05, 4.69) is 29.0 Å². The summed E-state index contributed by atoms with van der Waals surface area (Å²) in [5, 5.41) is 3.55. The second-order valence-corrected chi connectivity index (χ2v) is 8.79. The minimum absolute atomic E-state index is 0.0249. The molecule has 2 aliphatic heterocycles. The zero-order valence-electron chi connectivity index (χ0n) is 16.9. The second kappa shape index (κ2) is 9.72. The van der Waals surface area contributed by atoms with Gasteiger partial charge in [0.15, 0.2) is 0 Å². The van der Waals surface area contributed by atoms with Gasteiger partial charge < -0.3 is 10.2 Å². The molecule has 28 heavy (non-hydrogen) atoms. The summed E-state index contributed by atoms with van der Waals surface area (Å²) >= 11 is 5.86. The number of hydrogen-bond donors (Lipinski definition) is 1. The summed E-state index contributed by atoms with van der Waals surface area (Å²) in [5.74, 6) is 1.39. The molecule has 6 nitrogen and oxygen atoms in total. The molecule has 2 aliphatic rings. The van der Waals surface area contributed by atoms with Gasteiger partial charge in [0.2, 0.25) is 11.8 Å². The lowest BCUT2D eigenvalue weighted by Crippen LogP contribution is -2.52. The smallest absolute Gasteiger partial charge is 0.238 e. The van der Waals surface area contributed by atoms with E-state index in [0.29, 0.717) is 29.9 Å². The minimum Gasteiger partial charge on any atom is -0.341 e. The molecule has 2 amide bonds. The molecule has 3 rings (SSSR count). The zero-order valence-corrected chi connectivity index (χ0v) is 17.6. The molecule has 154 valence electrons. The molecule has 1 N–H and O–H groups in total. The lowest BCUT2D eigenvalue weighted by atomic mass is 9.92. The molecule has 2 heterocycles. The molecule has 0 aliphatic carbocycles. The van der Waals surface area contributed by atoms with Crippen LogP contribution in [0.25, 0.3) is 0 Å². The van der Waals surface area contributed by atoms with Gasteiger partial charge in [-0.25, -0.2) is 0 Å². The fourth-order valence-corrected chi connectivity index (χ4v) is 4.33. The van der Waals surface area contributed by atoms with Gasteiger partial charge in [-0.05, 0) is 42.5 Å². The number of rotatable bonds is 5. The largest absolute Gasteiger partial charge is 0.341 e. The molecular formula is C21H31ClN4O2. The number of hydrogen-bond acceptors (Lipinski definition) is 4. The molecule has 2 saturated heterocycles. The van der Waals surface area contributed by atoms with Gasteiger partial charge in [-0.15, -0.1) is 0 Å². The van der Waals surface area contributed by atoms with E-state index in [1.165, 1.54) is 6.42 Å². The van der Waals surface area contributed by atoms with E-state index in [0.717, 1.165) is 45.0 Å². The molecular weight excluding hydrogens is 376 g/mol. The van der Waals surface area contributed by atoms with Crippen molar-refractivity contribution in [2.24, 2.45) is 11.8 Å². The number of halogens is 1. The van der Waals surface area contributed by atoms with Gasteiger partial charge >= 0.3 is 0 Å². The van der Waals surface area contributed by atoms with E-state index < -0.39 is 0 Å². The number of carbonyl (C=O) groups excluding carboxylic acids is 2. The number of benzene rings is 1. The normalized spacial score (nSPS) is 24.2. The maximum atomic E-state index is 12.6. The van der Waals surface area contributed by atoms with Crippen LogP contribution in [0.5, 0.6) is 0 Å². The van der Waals surface area contributed by atoms with Crippen molar-refractivity contribution >= 4 is 29.1 Å². The highest BCUT2D eigenvalue weighted by molar-refractivity contribution is 6.30. The van der Waals surface area contributed by atoms with Gasteiger partial charge in [0.05, 0.1) is 13.1 Å². The lowest BCUT2D eigenvalue weighted by molar-refractivity contribution is -0.135. The van der Waals surface area contributed by atoms with Crippen LogP contribution < -0.4 is 5.32 Å². The van der Waals surface area contributed by atoms with E-state index in [-0.39, 0.29) is 11.8 Å². The Morgan fingerprint density at radius 2 is 1.50 bits per heavy atom. The van der Waals surface area contributed by atoms with Gasteiger partial charge in [0, 0.05) is 50.0 Å². The highest BCUT2D eigenvalue weighted by Crippen LogP contribution is 2.21. The first-order valence-electron chi connectivity index (χ1n) is 10.2. The number of piperazine rings is 1. The van der Waals surface area contributed by atoms with Crippen LogP contribution >= 0.6 is 11.6 Å². The molecule has 0 saturated carbocycles. The maximum Gasteiger partial charge on any atom is 0.238 e. The van der Waals surface area contributed by atoms with Crippen LogP contribution in [-0.4, -0.2) is 78.9 Å². The summed E-state index contributed by atoms with van der Waals surface area (Å²) in [7, 11) is 0. The molecule has 0 unspecified atom stereocenters. The first-order chi connectivity index (χ1) is 13.4. The van der Waals surface area contributed by atoms with E-state index in [9.17, 15) is 9.59 Å². The van der Waals surface area contributed by atoms with Crippen molar-refractivity contribution in [3.05, 3.63) is 29.3 Å². The Balaban J connectivity index is 1.38. The van der Waals surface area contributed by atoms with Crippen molar-refractivity contribution in [1.29, 1.82) is 0 Å². The summed E-state index contributed by atoms with van der Waals surface area (Å²) < 4.78 is 0. The highest BCUT2D eigenvalue weighted by Gasteiger charge is 2.27.